The molecular formula is C15H20IN2O2S+. The van der Waals surface area contributed by atoms with Crippen molar-refractivity contribution in [2.75, 3.05) is 18.8 Å². The molecule has 0 aromatic heterocycles. The van der Waals surface area contributed by atoms with Crippen LogP contribution in [0, 0.1) is 3.57 Å². The van der Waals surface area contributed by atoms with Crippen LogP contribution in [-0.2, 0) is 16.6 Å². The molecular weight excluding hydrogens is 399 g/mol. The van der Waals surface area contributed by atoms with Crippen molar-refractivity contribution in [1.82, 2.24) is 0 Å². The van der Waals surface area contributed by atoms with E-state index in [0.717, 1.165) is 14.7 Å². The van der Waals surface area contributed by atoms with Crippen molar-refractivity contribution >= 4 is 32.6 Å². The van der Waals surface area contributed by atoms with Gasteiger partial charge < -0.3 is 5.73 Å². The van der Waals surface area contributed by atoms with Crippen LogP contribution in [0.5, 0.6) is 0 Å². The number of halogens is 1. The molecule has 0 amide bonds. The lowest BCUT2D eigenvalue weighted by molar-refractivity contribution is -0.760. The minimum Gasteiger partial charge on any atom is -0.326 e. The molecule has 4 nitrogen and oxygen atoms in total. The van der Waals surface area contributed by atoms with Crippen molar-refractivity contribution in [2.45, 2.75) is 13.5 Å². The Morgan fingerprint density at radius 3 is 2.76 bits per heavy atom. The van der Waals surface area contributed by atoms with Crippen LogP contribution in [0.4, 0.5) is 0 Å². The maximum absolute atomic E-state index is 12.7. The predicted molar refractivity (Wildman–Crippen MR) is 93.7 cm³/mol. The van der Waals surface area contributed by atoms with Gasteiger partial charge in [0.15, 0.2) is 0 Å². The number of nitrogens with zero attached hydrogens (tertiary/aromatic N) is 1. The average molecular weight is 419 g/mol. The van der Waals surface area contributed by atoms with Crippen molar-refractivity contribution in [3.8, 4) is 0 Å². The molecule has 0 saturated carbocycles. The van der Waals surface area contributed by atoms with Gasteiger partial charge in [0.05, 0.1) is 5.75 Å². The Balaban J connectivity index is 2.48. The summed E-state index contributed by atoms with van der Waals surface area (Å²) in [7, 11) is -3.29. The van der Waals surface area contributed by atoms with Crippen molar-refractivity contribution in [3.63, 3.8) is 0 Å². The molecule has 1 aliphatic heterocycles. The monoisotopic (exact) mass is 419 g/mol. The summed E-state index contributed by atoms with van der Waals surface area (Å²) in [5.74, 6) is 0.110. The first-order valence-electron chi connectivity index (χ1n) is 6.85. The van der Waals surface area contributed by atoms with E-state index in [1.54, 1.807) is 13.1 Å². The van der Waals surface area contributed by atoms with Gasteiger partial charge in [-0.25, -0.2) is 0 Å². The Labute approximate surface area is 140 Å². The van der Waals surface area contributed by atoms with Crippen molar-refractivity contribution in [3.05, 3.63) is 57.3 Å². The number of rotatable bonds is 5. The van der Waals surface area contributed by atoms with E-state index in [2.05, 4.69) is 22.6 Å². The summed E-state index contributed by atoms with van der Waals surface area (Å²) in [4.78, 5) is 0. The van der Waals surface area contributed by atoms with Gasteiger partial charge in [0.2, 0.25) is 0 Å². The molecule has 1 heterocycles. The Hall–Kier alpha value is -0.700. The molecule has 114 valence electrons. The highest BCUT2D eigenvalue weighted by atomic mass is 127. The Bertz CT molecular complexity index is 683. The lowest BCUT2D eigenvalue weighted by Gasteiger charge is -2.34. The zero-order valence-corrected chi connectivity index (χ0v) is 15.0. The van der Waals surface area contributed by atoms with Gasteiger partial charge in [0.1, 0.15) is 19.3 Å². The van der Waals surface area contributed by atoms with E-state index >= 15 is 0 Å². The third-order valence-corrected chi connectivity index (χ3v) is 6.53. The SMILES string of the molecule is CCS(=O)(=O)[N+]1(Cc2cccc(I)c2)C=C(CN)C=CC1. The maximum Gasteiger partial charge on any atom is 0.301 e. The van der Waals surface area contributed by atoms with E-state index in [0.29, 0.717) is 19.6 Å². The molecule has 0 aliphatic carbocycles. The van der Waals surface area contributed by atoms with Crippen LogP contribution >= 0.6 is 22.6 Å². The molecule has 1 atom stereocenters. The third kappa shape index (κ3) is 3.56. The van der Waals surface area contributed by atoms with Gasteiger partial charge in [-0.2, -0.15) is 12.3 Å². The second kappa shape index (κ2) is 6.60. The summed E-state index contributed by atoms with van der Waals surface area (Å²) < 4.78 is 26.4. The highest BCUT2D eigenvalue weighted by molar-refractivity contribution is 14.1. The minimum absolute atomic E-state index is 0.0768. The Kier molecular flexibility index (Phi) is 5.24. The average Bonchev–Trinajstić information content (AvgIpc) is 2.47. The van der Waals surface area contributed by atoms with E-state index in [-0.39, 0.29) is 9.64 Å². The molecule has 1 aromatic carbocycles. The first-order valence-corrected chi connectivity index (χ1v) is 9.53. The number of sulfonamides is 1. The number of benzene rings is 1. The molecule has 6 heteroatoms. The van der Waals surface area contributed by atoms with Crippen molar-refractivity contribution < 1.29 is 12.3 Å². The standard InChI is InChI=1S/C15H20IN2O2S/c1-2-21(19,20)18(8-4-6-14(10-17)12-18)11-13-5-3-7-15(16)9-13/h3-7,9,12H,2,8,10-11,17H2,1H3/q+1. The van der Waals surface area contributed by atoms with Gasteiger partial charge >= 0.3 is 10.0 Å². The highest BCUT2D eigenvalue weighted by Gasteiger charge is 2.40. The van der Waals surface area contributed by atoms with Crippen LogP contribution in [-0.4, -0.2) is 31.1 Å². The highest BCUT2D eigenvalue weighted by Crippen LogP contribution is 2.27. The quantitative estimate of drug-likeness (QED) is 0.589. The van der Waals surface area contributed by atoms with Crippen molar-refractivity contribution in [1.29, 1.82) is 0 Å². The molecule has 0 bridgehead atoms. The molecule has 0 spiro atoms. The van der Waals surface area contributed by atoms with E-state index in [4.69, 9.17) is 5.73 Å². The summed E-state index contributed by atoms with van der Waals surface area (Å²) in [6, 6.07) is 7.96. The summed E-state index contributed by atoms with van der Waals surface area (Å²) >= 11 is 2.24. The largest absolute Gasteiger partial charge is 0.326 e. The van der Waals surface area contributed by atoms with Crippen LogP contribution in [0.15, 0.2) is 48.2 Å². The van der Waals surface area contributed by atoms with E-state index in [9.17, 15) is 8.42 Å². The van der Waals surface area contributed by atoms with E-state index in [1.165, 1.54) is 0 Å². The minimum atomic E-state index is -3.29. The van der Waals surface area contributed by atoms with Gasteiger partial charge in [-0.1, -0.05) is 18.2 Å². The predicted octanol–water partition coefficient (Wildman–Crippen LogP) is 2.37. The molecule has 1 aliphatic rings. The number of quaternary nitrogens is 1. The molecule has 0 saturated heterocycles. The fraction of sp³-hybridized carbons (Fsp3) is 0.333. The molecule has 0 radical (unpaired) electrons. The first kappa shape index (κ1) is 16.7. The van der Waals surface area contributed by atoms with Crippen LogP contribution in [0.25, 0.3) is 0 Å². The second-order valence-electron chi connectivity index (χ2n) is 5.10. The summed E-state index contributed by atoms with van der Waals surface area (Å²) in [6.45, 7) is 2.92. The molecule has 0 fully saturated rings. The van der Waals surface area contributed by atoms with Crippen LogP contribution in [0.1, 0.15) is 12.5 Å². The fourth-order valence-electron chi connectivity index (χ4n) is 2.51. The third-order valence-electron chi connectivity index (χ3n) is 3.64. The fourth-order valence-corrected chi connectivity index (χ4v) is 4.58. The molecule has 2 N–H and O–H groups in total. The van der Waals surface area contributed by atoms with Gasteiger partial charge in [0.25, 0.3) is 0 Å². The number of hydrogen-bond donors (Lipinski definition) is 1. The second-order valence-corrected chi connectivity index (χ2v) is 8.82. The van der Waals surface area contributed by atoms with Gasteiger partial charge in [-0.05, 0) is 47.7 Å². The smallest absolute Gasteiger partial charge is 0.301 e. The zero-order chi connectivity index (χ0) is 15.5. The Morgan fingerprint density at radius 2 is 2.14 bits per heavy atom. The molecule has 1 unspecified atom stereocenters. The maximum atomic E-state index is 12.7. The topological polar surface area (TPSA) is 60.2 Å². The summed E-state index contributed by atoms with van der Waals surface area (Å²) in [5.41, 5.74) is 7.58. The van der Waals surface area contributed by atoms with Crippen LogP contribution in [0.3, 0.4) is 0 Å². The van der Waals surface area contributed by atoms with Gasteiger partial charge in [-0.15, -0.1) is 0 Å². The van der Waals surface area contributed by atoms with E-state index in [1.807, 2.05) is 36.4 Å². The molecule has 21 heavy (non-hydrogen) atoms. The summed E-state index contributed by atoms with van der Waals surface area (Å²) in [6.07, 6.45) is 5.62. The van der Waals surface area contributed by atoms with Crippen molar-refractivity contribution in [2.24, 2.45) is 5.73 Å². The Morgan fingerprint density at radius 1 is 1.38 bits per heavy atom. The van der Waals surface area contributed by atoms with Gasteiger partial charge in [-0.3, -0.25) is 0 Å². The number of nitrogens with two attached hydrogens (primary N) is 1. The number of hydrogen-bond acceptors (Lipinski definition) is 3. The van der Waals surface area contributed by atoms with Crippen LogP contribution < -0.4 is 5.73 Å². The van der Waals surface area contributed by atoms with E-state index < -0.39 is 10.0 Å². The molecule has 2 rings (SSSR count). The normalized spacial score (nSPS) is 22.1. The summed E-state index contributed by atoms with van der Waals surface area (Å²) in [5, 5.41) is 0. The van der Waals surface area contributed by atoms with Gasteiger partial charge in [0, 0.05) is 21.3 Å². The van der Waals surface area contributed by atoms with Crippen LogP contribution in [0.2, 0.25) is 0 Å². The molecule has 1 aromatic rings. The lowest BCUT2D eigenvalue weighted by Crippen LogP contribution is -2.49. The zero-order valence-electron chi connectivity index (χ0n) is 12.0. The lowest BCUT2D eigenvalue weighted by atomic mass is 10.1. The first-order chi connectivity index (χ1) is 9.92.